The summed E-state index contributed by atoms with van der Waals surface area (Å²) in [4.78, 5) is 12.0. The SMILES string of the molecule is O=C(Nc1ccsc1)c1ccc(CNC2CCC2)cc1. The molecule has 0 unspecified atom stereocenters. The molecule has 0 bridgehead atoms. The quantitative estimate of drug-likeness (QED) is 0.881. The number of benzene rings is 1. The molecule has 2 N–H and O–H groups in total. The molecule has 0 atom stereocenters. The van der Waals surface area contributed by atoms with Gasteiger partial charge in [-0.2, -0.15) is 11.3 Å². The molecule has 3 nitrogen and oxygen atoms in total. The molecule has 0 aliphatic heterocycles. The molecule has 1 saturated carbocycles. The summed E-state index contributed by atoms with van der Waals surface area (Å²) in [6, 6.07) is 10.4. The van der Waals surface area contributed by atoms with Gasteiger partial charge < -0.3 is 10.6 Å². The fraction of sp³-hybridized carbons (Fsp3) is 0.312. The van der Waals surface area contributed by atoms with Crippen LogP contribution in [0.3, 0.4) is 0 Å². The van der Waals surface area contributed by atoms with Crippen LogP contribution in [-0.4, -0.2) is 11.9 Å². The van der Waals surface area contributed by atoms with E-state index >= 15 is 0 Å². The van der Waals surface area contributed by atoms with Gasteiger partial charge in [0.1, 0.15) is 0 Å². The summed E-state index contributed by atoms with van der Waals surface area (Å²) in [5, 5.41) is 10.3. The van der Waals surface area contributed by atoms with Gasteiger partial charge in [-0.15, -0.1) is 0 Å². The highest BCUT2D eigenvalue weighted by Gasteiger charge is 2.16. The van der Waals surface area contributed by atoms with E-state index in [-0.39, 0.29) is 5.91 Å². The zero-order valence-corrected chi connectivity index (χ0v) is 12.1. The Morgan fingerprint density at radius 3 is 2.60 bits per heavy atom. The Hall–Kier alpha value is -1.65. The number of nitrogens with one attached hydrogen (secondary N) is 2. The second-order valence-corrected chi connectivity index (χ2v) is 5.95. The summed E-state index contributed by atoms with van der Waals surface area (Å²) in [7, 11) is 0. The van der Waals surface area contributed by atoms with Crippen molar-refractivity contribution in [2.45, 2.75) is 31.8 Å². The van der Waals surface area contributed by atoms with Crippen molar-refractivity contribution in [3.05, 3.63) is 52.2 Å². The molecule has 0 spiro atoms. The van der Waals surface area contributed by atoms with Gasteiger partial charge in [0.2, 0.25) is 0 Å². The summed E-state index contributed by atoms with van der Waals surface area (Å²) in [5.41, 5.74) is 2.78. The highest BCUT2D eigenvalue weighted by atomic mass is 32.1. The van der Waals surface area contributed by atoms with Crippen molar-refractivity contribution in [3.63, 3.8) is 0 Å². The molecule has 0 radical (unpaired) electrons. The van der Waals surface area contributed by atoms with Crippen LogP contribution in [0.25, 0.3) is 0 Å². The Labute approximate surface area is 123 Å². The molecule has 1 aromatic heterocycles. The molecule has 0 saturated heterocycles. The average molecular weight is 286 g/mol. The normalized spacial score (nSPS) is 14.8. The zero-order chi connectivity index (χ0) is 13.8. The van der Waals surface area contributed by atoms with E-state index in [1.807, 2.05) is 41.1 Å². The lowest BCUT2D eigenvalue weighted by Gasteiger charge is -2.26. The first-order valence-electron chi connectivity index (χ1n) is 6.97. The van der Waals surface area contributed by atoms with E-state index in [0.717, 1.165) is 12.2 Å². The van der Waals surface area contributed by atoms with Gasteiger partial charge in [-0.05, 0) is 42.0 Å². The van der Waals surface area contributed by atoms with Crippen LogP contribution in [0.5, 0.6) is 0 Å². The van der Waals surface area contributed by atoms with E-state index in [1.54, 1.807) is 11.3 Å². The van der Waals surface area contributed by atoms with E-state index in [0.29, 0.717) is 11.6 Å². The van der Waals surface area contributed by atoms with Crippen molar-refractivity contribution in [1.29, 1.82) is 0 Å². The molecule has 2 aromatic rings. The van der Waals surface area contributed by atoms with Crippen molar-refractivity contribution in [3.8, 4) is 0 Å². The topological polar surface area (TPSA) is 41.1 Å². The van der Waals surface area contributed by atoms with Crippen molar-refractivity contribution < 1.29 is 4.79 Å². The smallest absolute Gasteiger partial charge is 0.255 e. The summed E-state index contributed by atoms with van der Waals surface area (Å²) in [6.07, 6.45) is 3.93. The van der Waals surface area contributed by atoms with Gasteiger partial charge >= 0.3 is 0 Å². The fourth-order valence-electron chi connectivity index (χ4n) is 2.19. The minimum atomic E-state index is -0.0538. The van der Waals surface area contributed by atoms with Crippen LogP contribution in [0.15, 0.2) is 41.1 Å². The van der Waals surface area contributed by atoms with Crippen molar-refractivity contribution >= 4 is 22.9 Å². The molecule has 1 aliphatic rings. The Balaban J connectivity index is 1.55. The molecule has 3 rings (SSSR count). The van der Waals surface area contributed by atoms with Crippen LogP contribution in [0, 0.1) is 0 Å². The summed E-state index contributed by atoms with van der Waals surface area (Å²) in [6.45, 7) is 0.886. The highest BCUT2D eigenvalue weighted by Crippen LogP contribution is 2.19. The van der Waals surface area contributed by atoms with Crippen LogP contribution in [0.4, 0.5) is 5.69 Å². The van der Waals surface area contributed by atoms with Crippen LogP contribution in [0.2, 0.25) is 0 Å². The number of hydrogen-bond acceptors (Lipinski definition) is 3. The van der Waals surface area contributed by atoms with Crippen LogP contribution >= 0.6 is 11.3 Å². The molecule has 1 fully saturated rings. The van der Waals surface area contributed by atoms with Crippen LogP contribution in [0.1, 0.15) is 35.2 Å². The molecule has 1 heterocycles. The Morgan fingerprint density at radius 1 is 1.20 bits per heavy atom. The number of carbonyl (C=O) groups excluding carboxylic acids is 1. The minimum absolute atomic E-state index is 0.0538. The van der Waals surface area contributed by atoms with Gasteiger partial charge in [0.05, 0.1) is 5.69 Å². The summed E-state index contributed by atoms with van der Waals surface area (Å²) in [5.74, 6) is -0.0538. The lowest BCUT2D eigenvalue weighted by molar-refractivity contribution is 0.102. The monoisotopic (exact) mass is 286 g/mol. The predicted octanol–water partition coefficient (Wildman–Crippen LogP) is 3.64. The summed E-state index contributed by atoms with van der Waals surface area (Å²) >= 11 is 1.57. The molecule has 104 valence electrons. The second-order valence-electron chi connectivity index (χ2n) is 5.17. The Morgan fingerprint density at radius 2 is 2.00 bits per heavy atom. The second kappa shape index (κ2) is 6.20. The van der Waals surface area contributed by atoms with Gasteiger partial charge in [-0.1, -0.05) is 18.6 Å². The number of hydrogen-bond donors (Lipinski definition) is 2. The minimum Gasteiger partial charge on any atom is -0.321 e. The Bertz CT molecular complexity index is 559. The van der Waals surface area contributed by atoms with E-state index in [2.05, 4.69) is 10.6 Å². The lowest BCUT2D eigenvalue weighted by atomic mass is 9.93. The first-order valence-corrected chi connectivity index (χ1v) is 7.91. The third-order valence-corrected chi connectivity index (χ3v) is 4.38. The third kappa shape index (κ3) is 3.26. The van der Waals surface area contributed by atoms with Crippen LogP contribution < -0.4 is 10.6 Å². The van der Waals surface area contributed by atoms with Gasteiger partial charge in [0, 0.05) is 23.5 Å². The van der Waals surface area contributed by atoms with E-state index in [4.69, 9.17) is 0 Å². The number of amides is 1. The molecule has 1 aromatic carbocycles. The standard InChI is InChI=1S/C16H18N2OS/c19-16(18-15-8-9-20-11-15)13-6-4-12(5-7-13)10-17-14-2-1-3-14/h4-9,11,14,17H,1-3,10H2,(H,18,19). The maximum Gasteiger partial charge on any atom is 0.255 e. The van der Waals surface area contributed by atoms with Gasteiger partial charge in [-0.3, -0.25) is 4.79 Å². The van der Waals surface area contributed by atoms with E-state index in [1.165, 1.54) is 24.8 Å². The number of carbonyl (C=O) groups is 1. The molecule has 4 heteroatoms. The first kappa shape index (κ1) is 13.3. The van der Waals surface area contributed by atoms with Crippen molar-refractivity contribution in [2.75, 3.05) is 5.32 Å². The maximum atomic E-state index is 12.0. The zero-order valence-electron chi connectivity index (χ0n) is 11.3. The fourth-order valence-corrected chi connectivity index (χ4v) is 2.78. The molecule has 20 heavy (non-hydrogen) atoms. The predicted molar refractivity (Wildman–Crippen MR) is 83.2 cm³/mol. The maximum absolute atomic E-state index is 12.0. The van der Waals surface area contributed by atoms with Crippen LogP contribution in [-0.2, 0) is 6.54 Å². The first-order chi connectivity index (χ1) is 9.81. The molecular weight excluding hydrogens is 268 g/mol. The lowest BCUT2D eigenvalue weighted by Crippen LogP contribution is -2.34. The van der Waals surface area contributed by atoms with Gasteiger partial charge in [-0.25, -0.2) is 0 Å². The third-order valence-electron chi connectivity index (χ3n) is 3.70. The highest BCUT2D eigenvalue weighted by molar-refractivity contribution is 7.08. The molecular formula is C16H18N2OS. The molecule has 1 aliphatic carbocycles. The van der Waals surface area contributed by atoms with Gasteiger partial charge in [0.25, 0.3) is 5.91 Å². The summed E-state index contributed by atoms with van der Waals surface area (Å²) < 4.78 is 0. The van der Waals surface area contributed by atoms with Crippen molar-refractivity contribution in [2.24, 2.45) is 0 Å². The number of thiophene rings is 1. The van der Waals surface area contributed by atoms with E-state index in [9.17, 15) is 4.79 Å². The largest absolute Gasteiger partial charge is 0.321 e. The van der Waals surface area contributed by atoms with E-state index < -0.39 is 0 Å². The van der Waals surface area contributed by atoms with Gasteiger partial charge in [0.15, 0.2) is 0 Å². The Kier molecular flexibility index (Phi) is 4.14. The number of rotatable bonds is 5. The number of anilines is 1. The average Bonchev–Trinajstić information content (AvgIpc) is 2.90. The molecule has 1 amide bonds. The van der Waals surface area contributed by atoms with Crippen molar-refractivity contribution in [1.82, 2.24) is 5.32 Å².